The number of hydrogen-bond acceptors (Lipinski definition) is 5. The zero-order valence-electron chi connectivity index (χ0n) is 15.1. The molecule has 2 aromatic carbocycles. The van der Waals surface area contributed by atoms with E-state index < -0.39 is 4.92 Å². The van der Waals surface area contributed by atoms with E-state index in [0.29, 0.717) is 30.9 Å². The van der Waals surface area contributed by atoms with Crippen LogP contribution in [0, 0.1) is 10.1 Å². The maximum atomic E-state index is 12.3. The van der Waals surface area contributed by atoms with Crippen LogP contribution in [0.1, 0.15) is 17.5 Å². The van der Waals surface area contributed by atoms with Crippen molar-refractivity contribution in [1.82, 2.24) is 4.90 Å². The van der Waals surface area contributed by atoms with Gasteiger partial charge in [0.2, 0.25) is 5.91 Å². The van der Waals surface area contributed by atoms with Crippen LogP contribution in [-0.2, 0) is 17.8 Å². The SMILES string of the molecule is COc1ccc(CN(C)C(=O)CCc2ccc([N+](=O)[O-])cc2)cc1OC. The van der Waals surface area contributed by atoms with Gasteiger partial charge in [-0.2, -0.15) is 0 Å². The number of carbonyl (C=O) groups excluding carboxylic acids is 1. The van der Waals surface area contributed by atoms with Gasteiger partial charge in [-0.25, -0.2) is 0 Å². The van der Waals surface area contributed by atoms with Gasteiger partial charge in [-0.05, 0) is 29.7 Å². The number of nitro groups is 1. The number of nitrogens with zero attached hydrogens (tertiary/aromatic N) is 2. The fourth-order valence-corrected chi connectivity index (χ4v) is 2.57. The number of amides is 1. The predicted molar refractivity (Wildman–Crippen MR) is 97.4 cm³/mol. The summed E-state index contributed by atoms with van der Waals surface area (Å²) < 4.78 is 10.5. The number of aryl methyl sites for hydroxylation is 1. The molecule has 0 heterocycles. The van der Waals surface area contributed by atoms with E-state index >= 15 is 0 Å². The first-order valence-electron chi connectivity index (χ1n) is 8.12. The molecule has 0 atom stereocenters. The lowest BCUT2D eigenvalue weighted by atomic mass is 10.1. The van der Waals surface area contributed by atoms with Crippen molar-refractivity contribution in [2.45, 2.75) is 19.4 Å². The summed E-state index contributed by atoms with van der Waals surface area (Å²) in [6.07, 6.45) is 0.870. The Hall–Kier alpha value is -3.09. The molecular formula is C19H22N2O5. The van der Waals surface area contributed by atoms with Crippen molar-refractivity contribution in [3.63, 3.8) is 0 Å². The van der Waals surface area contributed by atoms with Crippen LogP contribution in [0.25, 0.3) is 0 Å². The number of rotatable bonds is 8. The highest BCUT2D eigenvalue weighted by Crippen LogP contribution is 2.28. The maximum absolute atomic E-state index is 12.3. The summed E-state index contributed by atoms with van der Waals surface area (Å²) in [4.78, 5) is 24.2. The molecule has 7 nitrogen and oxygen atoms in total. The summed E-state index contributed by atoms with van der Waals surface area (Å²) in [5.41, 5.74) is 1.88. The van der Waals surface area contributed by atoms with Crippen molar-refractivity contribution in [3.05, 3.63) is 63.7 Å². The topological polar surface area (TPSA) is 81.9 Å². The molecule has 0 saturated heterocycles. The number of carbonyl (C=O) groups is 1. The standard InChI is InChI=1S/C19H22N2O5/c1-20(13-15-6-10-17(25-2)18(12-15)26-3)19(22)11-7-14-4-8-16(9-5-14)21(23)24/h4-6,8-10,12H,7,11,13H2,1-3H3. The van der Waals surface area contributed by atoms with E-state index in [1.54, 1.807) is 38.3 Å². The minimum atomic E-state index is -0.439. The number of hydrogen-bond donors (Lipinski definition) is 0. The molecule has 0 unspecified atom stereocenters. The van der Waals surface area contributed by atoms with Gasteiger partial charge in [-0.3, -0.25) is 14.9 Å². The average Bonchev–Trinajstić information content (AvgIpc) is 2.66. The molecule has 2 rings (SSSR count). The van der Waals surface area contributed by atoms with Crippen LogP contribution in [0.4, 0.5) is 5.69 Å². The molecule has 0 saturated carbocycles. The normalized spacial score (nSPS) is 10.3. The second-order valence-electron chi connectivity index (χ2n) is 5.86. The smallest absolute Gasteiger partial charge is 0.269 e. The Balaban J connectivity index is 1.92. The lowest BCUT2D eigenvalue weighted by Gasteiger charge is -2.18. The summed E-state index contributed by atoms with van der Waals surface area (Å²) in [5, 5.41) is 10.7. The average molecular weight is 358 g/mol. The highest BCUT2D eigenvalue weighted by atomic mass is 16.6. The van der Waals surface area contributed by atoms with Gasteiger partial charge in [0.15, 0.2) is 11.5 Å². The largest absolute Gasteiger partial charge is 0.493 e. The molecule has 0 aliphatic carbocycles. The molecule has 1 amide bonds. The van der Waals surface area contributed by atoms with Gasteiger partial charge in [0.05, 0.1) is 19.1 Å². The number of non-ortho nitro benzene ring substituents is 1. The Labute approximate surface area is 152 Å². The number of nitro benzene ring substituents is 1. The molecule has 0 aromatic heterocycles. The predicted octanol–water partition coefficient (Wildman–Crippen LogP) is 3.20. The molecule has 0 radical (unpaired) electrons. The fourth-order valence-electron chi connectivity index (χ4n) is 2.57. The minimum absolute atomic E-state index is 0.00172. The van der Waals surface area contributed by atoms with Crippen LogP contribution in [0.5, 0.6) is 11.5 Å². The van der Waals surface area contributed by atoms with Crippen molar-refractivity contribution in [2.75, 3.05) is 21.3 Å². The van der Waals surface area contributed by atoms with E-state index in [0.717, 1.165) is 11.1 Å². The van der Waals surface area contributed by atoms with Gasteiger partial charge < -0.3 is 14.4 Å². The molecule has 0 N–H and O–H groups in total. The summed E-state index contributed by atoms with van der Waals surface area (Å²) >= 11 is 0. The fraction of sp³-hybridized carbons (Fsp3) is 0.316. The molecule has 0 aliphatic heterocycles. The van der Waals surface area contributed by atoms with Crippen molar-refractivity contribution in [1.29, 1.82) is 0 Å². The highest BCUT2D eigenvalue weighted by molar-refractivity contribution is 5.76. The zero-order valence-corrected chi connectivity index (χ0v) is 15.1. The molecule has 0 fully saturated rings. The Bertz CT molecular complexity index is 774. The molecule has 26 heavy (non-hydrogen) atoms. The third kappa shape index (κ3) is 4.95. The lowest BCUT2D eigenvalue weighted by Crippen LogP contribution is -2.26. The molecule has 7 heteroatoms. The van der Waals surface area contributed by atoms with Crippen LogP contribution < -0.4 is 9.47 Å². The van der Waals surface area contributed by atoms with E-state index in [-0.39, 0.29) is 11.6 Å². The van der Waals surface area contributed by atoms with Gasteiger partial charge >= 0.3 is 0 Å². The van der Waals surface area contributed by atoms with Crippen LogP contribution in [0.2, 0.25) is 0 Å². The third-order valence-electron chi connectivity index (χ3n) is 4.07. The zero-order chi connectivity index (χ0) is 19.1. The van der Waals surface area contributed by atoms with E-state index in [1.807, 2.05) is 18.2 Å². The van der Waals surface area contributed by atoms with Gasteiger partial charge in [0, 0.05) is 32.1 Å². The summed E-state index contributed by atoms with van der Waals surface area (Å²) in [6, 6.07) is 11.8. The monoisotopic (exact) mass is 358 g/mol. The van der Waals surface area contributed by atoms with Crippen molar-refractivity contribution < 1.29 is 19.2 Å². The Morgan fingerprint density at radius 1 is 1.04 bits per heavy atom. The van der Waals surface area contributed by atoms with Crippen LogP contribution in [0.3, 0.4) is 0 Å². The van der Waals surface area contributed by atoms with Crippen LogP contribution in [0.15, 0.2) is 42.5 Å². The number of ether oxygens (including phenoxy) is 2. The van der Waals surface area contributed by atoms with E-state index in [9.17, 15) is 14.9 Å². The molecule has 0 spiro atoms. The molecule has 0 bridgehead atoms. The first-order chi connectivity index (χ1) is 12.4. The van der Waals surface area contributed by atoms with Gasteiger partial charge in [0.1, 0.15) is 0 Å². The van der Waals surface area contributed by atoms with Crippen molar-refractivity contribution >= 4 is 11.6 Å². The van der Waals surface area contributed by atoms with Gasteiger partial charge in [-0.1, -0.05) is 18.2 Å². The molecule has 2 aromatic rings. The van der Waals surface area contributed by atoms with Crippen molar-refractivity contribution in [3.8, 4) is 11.5 Å². The Morgan fingerprint density at radius 3 is 2.23 bits per heavy atom. The lowest BCUT2D eigenvalue weighted by molar-refractivity contribution is -0.384. The summed E-state index contributed by atoms with van der Waals surface area (Å²) in [7, 11) is 4.89. The van der Waals surface area contributed by atoms with E-state index in [2.05, 4.69) is 0 Å². The first kappa shape index (κ1) is 19.2. The summed E-state index contributed by atoms with van der Waals surface area (Å²) in [6.45, 7) is 0.458. The Morgan fingerprint density at radius 2 is 1.65 bits per heavy atom. The maximum Gasteiger partial charge on any atom is 0.269 e. The Kier molecular flexibility index (Phi) is 6.54. The minimum Gasteiger partial charge on any atom is -0.493 e. The quantitative estimate of drug-likeness (QED) is 0.535. The van der Waals surface area contributed by atoms with Gasteiger partial charge in [-0.15, -0.1) is 0 Å². The molecular weight excluding hydrogens is 336 g/mol. The van der Waals surface area contributed by atoms with Gasteiger partial charge in [0.25, 0.3) is 5.69 Å². The summed E-state index contributed by atoms with van der Waals surface area (Å²) in [5.74, 6) is 1.26. The number of benzene rings is 2. The first-order valence-corrected chi connectivity index (χ1v) is 8.12. The highest BCUT2D eigenvalue weighted by Gasteiger charge is 2.12. The number of methoxy groups -OCH3 is 2. The second-order valence-corrected chi connectivity index (χ2v) is 5.86. The van der Waals surface area contributed by atoms with Crippen molar-refractivity contribution in [2.24, 2.45) is 0 Å². The van der Waals surface area contributed by atoms with E-state index in [4.69, 9.17) is 9.47 Å². The molecule has 0 aliphatic rings. The second kappa shape index (κ2) is 8.84. The van der Waals surface area contributed by atoms with E-state index in [1.165, 1.54) is 12.1 Å². The van der Waals surface area contributed by atoms with Crippen LogP contribution in [-0.4, -0.2) is 37.0 Å². The third-order valence-corrected chi connectivity index (χ3v) is 4.07. The molecule has 138 valence electrons. The van der Waals surface area contributed by atoms with Crippen LogP contribution >= 0.6 is 0 Å².